The molecule has 94 valence electrons. The molecule has 0 spiro atoms. The predicted molar refractivity (Wildman–Crippen MR) is 65.7 cm³/mol. The van der Waals surface area contributed by atoms with Gasteiger partial charge >= 0.3 is 0 Å². The fourth-order valence-electron chi connectivity index (χ4n) is 1.59. The van der Waals surface area contributed by atoms with E-state index < -0.39 is 11.9 Å². The Labute approximate surface area is 103 Å². The van der Waals surface area contributed by atoms with E-state index in [9.17, 15) is 9.18 Å². The third-order valence-corrected chi connectivity index (χ3v) is 2.48. The van der Waals surface area contributed by atoms with E-state index in [0.29, 0.717) is 10.9 Å². The number of pyridine rings is 1. The molecule has 0 bridgehead atoms. The lowest BCUT2D eigenvalue weighted by Crippen LogP contribution is -2.30. The monoisotopic (exact) mass is 248 g/mol. The standard InChI is InChI=1S/C13H13FN2O2/c1-8(17)6-16-13(18)10-5-9-3-2-4-11(14)12(9)15-7-10/h2-5,7-8,17H,6H2,1H3,(H,16,18). The van der Waals surface area contributed by atoms with Gasteiger partial charge < -0.3 is 10.4 Å². The van der Waals surface area contributed by atoms with Crippen LogP contribution >= 0.6 is 0 Å². The maximum Gasteiger partial charge on any atom is 0.252 e. The molecule has 1 amide bonds. The Hall–Kier alpha value is -2.01. The first-order chi connectivity index (χ1) is 8.58. The third-order valence-electron chi connectivity index (χ3n) is 2.48. The number of nitrogens with one attached hydrogen (secondary N) is 1. The molecule has 0 aliphatic carbocycles. The van der Waals surface area contributed by atoms with Crippen molar-refractivity contribution in [3.05, 3.63) is 41.8 Å². The van der Waals surface area contributed by atoms with Crippen molar-refractivity contribution in [2.24, 2.45) is 0 Å². The summed E-state index contributed by atoms with van der Waals surface area (Å²) in [4.78, 5) is 15.7. The van der Waals surface area contributed by atoms with E-state index in [2.05, 4.69) is 10.3 Å². The molecule has 18 heavy (non-hydrogen) atoms. The van der Waals surface area contributed by atoms with Crippen molar-refractivity contribution in [1.29, 1.82) is 0 Å². The molecule has 2 aromatic rings. The van der Waals surface area contributed by atoms with Gasteiger partial charge in [0.15, 0.2) is 0 Å². The molecule has 0 radical (unpaired) electrons. The summed E-state index contributed by atoms with van der Waals surface area (Å²) in [6, 6.07) is 6.15. The minimum absolute atomic E-state index is 0.167. The van der Waals surface area contributed by atoms with Crippen LogP contribution in [-0.2, 0) is 0 Å². The van der Waals surface area contributed by atoms with E-state index in [-0.39, 0.29) is 18.0 Å². The van der Waals surface area contributed by atoms with Crippen LogP contribution in [0.5, 0.6) is 0 Å². The largest absolute Gasteiger partial charge is 0.392 e. The number of hydrogen-bond acceptors (Lipinski definition) is 3. The average molecular weight is 248 g/mol. The van der Waals surface area contributed by atoms with Gasteiger partial charge in [0.2, 0.25) is 0 Å². The molecule has 0 saturated heterocycles. The number of aromatic nitrogens is 1. The molecule has 4 nitrogen and oxygen atoms in total. The Morgan fingerprint density at radius 3 is 3.06 bits per heavy atom. The molecule has 1 heterocycles. The van der Waals surface area contributed by atoms with Gasteiger partial charge in [0, 0.05) is 18.1 Å². The fourth-order valence-corrected chi connectivity index (χ4v) is 1.59. The molecule has 0 saturated carbocycles. The lowest BCUT2D eigenvalue weighted by Gasteiger charge is -2.07. The summed E-state index contributed by atoms with van der Waals surface area (Å²) in [6.45, 7) is 1.74. The van der Waals surface area contributed by atoms with Gasteiger partial charge in [0.1, 0.15) is 11.3 Å². The van der Waals surface area contributed by atoms with E-state index in [4.69, 9.17) is 5.11 Å². The summed E-state index contributed by atoms with van der Waals surface area (Å²) in [5.41, 5.74) is 0.582. The van der Waals surface area contributed by atoms with Crippen LogP contribution in [0.4, 0.5) is 4.39 Å². The summed E-state index contributed by atoms with van der Waals surface area (Å²) in [7, 11) is 0. The molecular weight excluding hydrogens is 235 g/mol. The molecule has 2 N–H and O–H groups in total. The van der Waals surface area contributed by atoms with Crippen molar-refractivity contribution in [1.82, 2.24) is 10.3 Å². The number of benzene rings is 1. The molecule has 1 atom stereocenters. The van der Waals surface area contributed by atoms with Crippen molar-refractivity contribution < 1.29 is 14.3 Å². The van der Waals surface area contributed by atoms with Gasteiger partial charge in [0.05, 0.1) is 11.7 Å². The number of fused-ring (bicyclic) bond motifs is 1. The molecule has 1 aromatic heterocycles. The topological polar surface area (TPSA) is 62.2 Å². The number of amides is 1. The summed E-state index contributed by atoms with van der Waals surface area (Å²) in [6.07, 6.45) is 0.711. The molecule has 2 rings (SSSR count). The molecule has 1 unspecified atom stereocenters. The number of halogens is 1. The van der Waals surface area contributed by atoms with E-state index in [0.717, 1.165) is 0 Å². The van der Waals surface area contributed by atoms with Crippen LogP contribution in [-0.4, -0.2) is 28.6 Å². The lowest BCUT2D eigenvalue weighted by atomic mass is 10.1. The number of hydrogen-bond donors (Lipinski definition) is 2. The molecule has 5 heteroatoms. The summed E-state index contributed by atoms with van der Waals surface area (Å²) >= 11 is 0. The Balaban J connectivity index is 2.27. The number of nitrogens with zero attached hydrogens (tertiary/aromatic N) is 1. The van der Waals surface area contributed by atoms with Gasteiger partial charge in [-0.1, -0.05) is 12.1 Å². The number of rotatable bonds is 3. The van der Waals surface area contributed by atoms with E-state index >= 15 is 0 Å². The molecule has 0 aliphatic rings. The van der Waals surface area contributed by atoms with Crippen molar-refractivity contribution in [3.8, 4) is 0 Å². The highest BCUT2D eigenvalue weighted by atomic mass is 19.1. The van der Waals surface area contributed by atoms with Crippen LogP contribution in [0, 0.1) is 5.82 Å². The van der Waals surface area contributed by atoms with Crippen LogP contribution in [0.2, 0.25) is 0 Å². The molecular formula is C13H13FN2O2. The van der Waals surface area contributed by atoms with Gasteiger partial charge in [-0.25, -0.2) is 4.39 Å². The minimum atomic E-state index is -0.611. The van der Waals surface area contributed by atoms with Gasteiger partial charge in [0.25, 0.3) is 5.91 Å². The van der Waals surface area contributed by atoms with E-state index in [1.54, 1.807) is 25.1 Å². The zero-order valence-electron chi connectivity index (χ0n) is 9.85. The van der Waals surface area contributed by atoms with Crippen LogP contribution < -0.4 is 5.32 Å². The van der Waals surface area contributed by atoms with E-state index in [1.165, 1.54) is 12.3 Å². The van der Waals surface area contributed by atoms with Crippen molar-refractivity contribution in [3.63, 3.8) is 0 Å². The maximum atomic E-state index is 13.4. The summed E-state index contributed by atoms with van der Waals surface area (Å²) in [5, 5.41) is 12.2. The first kappa shape index (κ1) is 12.4. The zero-order chi connectivity index (χ0) is 13.1. The second-order valence-corrected chi connectivity index (χ2v) is 4.09. The maximum absolute atomic E-state index is 13.4. The lowest BCUT2D eigenvalue weighted by molar-refractivity contribution is 0.0924. The predicted octanol–water partition coefficient (Wildman–Crippen LogP) is 1.48. The van der Waals surface area contributed by atoms with Gasteiger partial charge in [-0.15, -0.1) is 0 Å². The normalized spacial score (nSPS) is 12.4. The van der Waals surface area contributed by atoms with Crippen molar-refractivity contribution >= 4 is 16.8 Å². The first-order valence-corrected chi connectivity index (χ1v) is 5.58. The Bertz CT molecular complexity index is 584. The highest BCUT2D eigenvalue weighted by Gasteiger charge is 2.09. The highest BCUT2D eigenvalue weighted by molar-refractivity contribution is 5.97. The summed E-state index contributed by atoms with van der Waals surface area (Å²) in [5.74, 6) is -0.752. The first-order valence-electron chi connectivity index (χ1n) is 5.58. The average Bonchev–Trinajstić information content (AvgIpc) is 2.35. The molecule has 0 fully saturated rings. The SMILES string of the molecule is CC(O)CNC(=O)c1cnc2c(F)cccc2c1. The fraction of sp³-hybridized carbons (Fsp3) is 0.231. The van der Waals surface area contributed by atoms with Crippen LogP contribution in [0.3, 0.4) is 0 Å². The van der Waals surface area contributed by atoms with Crippen LogP contribution in [0.15, 0.2) is 30.5 Å². The highest BCUT2D eigenvalue weighted by Crippen LogP contribution is 2.16. The van der Waals surface area contributed by atoms with Crippen molar-refractivity contribution in [2.45, 2.75) is 13.0 Å². The van der Waals surface area contributed by atoms with Gasteiger partial charge in [-0.05, 0) is 19.1 Å². The van der Waals surface area contributed by atoms with Gasteiger partial charge in [-0.3, -0.25) is 9.78 Å². The van der Waals surface area contributed by atoms with E-state index in [1.807, 2.05) is 0 Å². The zero-order valence-corrected chi connectivity index (χ0v) is 9.85. The Morgan fingerprint density at radius 1 is 1.56 bits per heavy atom. The number of carbonyl (C=O) groups excluding carboxylic acids is 1. The quantitative estimate of drug-likeness (QED) is 0.865. The number of carbonyl (C=O) groups is 1. The number of aliphatic hydroxyl groups excluding tert-OH is 1. The summed E-state index contributed by atoms with van der Waals surface area (Å²) < 4.78 is 13.4. The Kier molecular flexibility index (Phi) is 3.53. The Morgan fingerprint density at radius 2 is 2.33 bits per heavy atom. The number of aliphatic hydroxyl groups is 1. The minimum Gasteiger partial charge on any atom is -0.392 e. The van der Waals surface area contributed by atoms with Gasteiger partial charge in [-0.2, -0.15) is 0 Å². The van der Waals surface area contributed by atoms with Crippen molar-refractivity contribution in [2.75, 3.05) is 6.54 Å². The third kappa shape index (κ3) is 2.62. The number of para-hydroxylation sites is 1. The second-order valence-electron chi connectivity index (χ2n) is 4.09. The smallest absolute Gasteiger partial charge is 0.252 e. The van der Waals surface area contributed by atoms with Crippen LogP contribution in [0.1, 0.15) is 17.3 Å². The molecule has 0 aliphatic heterocycles. The van der Waals surface area contributed by atoms with Crippen LogP contribution in [0.25, 0.3) is 10.9 Å². The second kappa shape index (κ2) is 5.10. The molecule has 1 aromatic carbocycles.